The van der Waals surface area contributed by atoms with Crippen LogP contribution in [-0.2, 0) is 21.2 Å². The number of piperidine rings is 1. The second-order valence-electron chi connectivity index (χ2n) is 8.43. The fourth-order valence-electron chi connectivity index (χ4n) is 4.33. The van der Waals surface area contributed by atoms with Gasteiger partial charge in [-0.15, -0.1) is 11.3 Å². The van der Waals surface area contributed by atoms with E-state index in [4.69, 9.17) is 11.6 Å². The smallest absolute Gasteiger partial charge is 0.223 e. The van der Waals surface area contributed by atoms with Gasteiger partial charge in [-0.1, -0.05) is 23.7 Å². The predicted molar refractivity (Wildman–Crippen MR) is 135 cm³/mol. The quantitative estimate of drug-likeness (QED) is 0.515. The molecule has 1 aromatic heterocycles. The first-order valence-electron chi connectivity index (χ1n) is 11.2. The highest BCUT2D eigenvalue weighted by molar-refractivity contribution is 7.91. The van der Waals surface area contributed by atoms with Crippen LogP contribution in [0, 0.1) is 0 Å². The maximum absolute atomic E-state index is 12.9. The van der Waals surface area contributed by atoms with E-state index in [1.54, 1.807) is 59.7 Å². The van der Waals surface area contributed by atoms with Gasteiger partial charge in [0.15, 0.2) is 14.6 Å². The van der Waals surface area contributed by atoms with Crippen molar-refractivity contribution < 1.29 is 18.3 Å². The SMILES string of the molecule is CN=c1sc(C2CCN(C(=O)CCS(=O)(=O)c3ccc4cc(Cl)ccc4c3)CC2)cn1CCO. The van der Waals surface area contributed by atoms with Gasteiger partial charge in [0.2, 0.25) is 5.91 Å². The minimum absolute atomic E-state index is 0.0278. The van der Waals surface area contributed by atoms with E-state index in [9.17, 15) is 18.3 Å². The van der Waals surface area contributed by atoms with Gasteiger partial charge in [0.1, 0.15) is 0 Å². The van der Waals surface area contributed by atoms with E-state index in [0.717, 1.165) is 28.4 Å². The molecule has 3 aromatic rings. The molecule has 1 amide bonds. The maximum atomic E-state index is 12.9. The number of amides is 1. The van der Waals surface area contributed by atoms with Crippen LogP contribution in [0.3, 0.4) is 0 Å². The van der Waals surface area contributed by atoms with Crippen LogP contribution in [0.5, 0.6) is 0 Å². The number of benzene rings is 2. The Labute approximate surface area is 208 Å². The molecule has 0 bridgehead atoms. The molecule has 1 aliphatic heterocycles. The van der Waals surface area contributed by atoms with E-state index in [1.165, 1.54) is 4.88 Å². The van der Waals surface area contributed by atoms with Crippen molar-refractivity contribution in [2.24, 2.45) is 4.99 Å². The standard InChI is InChI=1S/C24H28ClN3O4S2/c1-26-24-28(11-12-29)16-22(33-24)17-6-9-27(10-7-17)23(30)8-13-34(31,32)21-5-3-18-14-20(25)4-2-19(18)15-21/h2-5,14-17,29H,6-13H2,1H3. The van der Waals surface area contributed by atoms with Crippen LogP contribution >= 0.6 is 22.9 Å². The van der Waals surface area contributed by atoms with Crippen molar-refractivity contribution in [1.29, 1.82) is 0 Å². The van der Waals surface area contributed by atoms with Gasteiger partial charge in [0.05, 0.1) is 17.3 Å². The summed E-state index contributed by atoms with van der Waals surface area (Å²) >= 11 is 7.63. The molecule has 0 unspecified atom stereocenters. The first-order valence-corrected chi connectivity index (χ1v) is 14.1. The van der Waals surface area contributed by atoms with E-state index in [2.05, 4.69) is 11.2 Å². The van der Waals surface area contributed by atoms with E-state index >= 15 is 0 Å². The Hall–Kier alpha value is -2.20. The second-order valence-corrected chi connectivity index (χ2v) is 12.0. The number of nitrogens with zero attached hydrogens (tertiary/aromatic N) is 3. The number of likely N-dealkylation sites (tertiary alicyclic amines) is 1. The third-order valence-electron chi connectivity index (χ3n) is 6.24. The number of halogens is 1. The fourth-order valence-corrected chi connectivity index (χ4v) is 6.92. The van der Waals surface area contributed by atoms with Crippen molar-refractivity contribution in [3.05, 3.63) is 57.3 Å². The number of aliphatic hydroxyl groups is 1. The topological polar surface area (TPSA) is 92.0 Å². The Bertz CT molecular complexity index is 1360. The molecular weight excluding hydrogens is 494 g/mol. The number of hydrogen-bond acceptors (Lipinski definition) is 6. The third-order valence-corrected chi connectivity index (χ3v) is 9.46. The maximum Gasteiger partial charge on any atom is 0.223 e. The normalized spacial score (nSPS) is 15.9. The molecule has 1 aliphatic rings. The summed E-state index contributed by atoms with van der Waals surface area (Å²) in [6.45, 7) is 1.79. The van der Waals surface area contributed by atoms with Gasteiger partial charge >= 0.3 is 0 Å². The van der Waals surface area contributed by atoms with Crippen molar-refractivity contribution >= 4 is 49.5 Å². The summed E-state index contributed by atoms with van der Waals surface area (Å²) in [6, 6.07) is 10.3. The summed E-state index contributed by atoms with van der Waals surface area (Å²) in [7, 11) is -1.83. The highest BCUT2D eigenvalue weighted by Gasteiger charge is 2.26. The Kier molecular flexibility index (Phi) is 7.77. The van der Waals surface area contributed by atoms with E-state index in [-0.39, 0.29) is 29.6 Å². The van der Waals surface area contributed by atoms with Crippen LogP contribution in [-0.4, -0.2) is 61.4 Å². The van der Waals surface area contributed by atoms with E-state index < -0.39 is 9.84 Å². The van der Waals surface area contributed by atoms with Crippen molar-refractivity contribution in [3.8, 4) is 0 Å². The van der Waals surface area contributed by atoms with Crippen molar-refractivity contribution in [3.63, 3.8) is 0 Å². The molecule has 182 valence electrons. The molecule has 0 aliphatic carbocycles. The Morgan fingerprint density at radius 3 is 2.59 bits per heavy atom. The van der Waals surface area contributed by atoms with Crippen LogP contribution in [0.25, 0.3) is 10.8 Å². The second kappa shape index (κ2) is 10.6. The van der Waals surface area contributed by atoms with Gasteiger partial charge in [-0.05, 0) is 53.8 Å². The minimum atomic E-state index is -3.57. The van der Waals surface area contributed by atoms with Gasteiger partial charge in [-0.25, -0.2) is 8.42 Å². The highest BCUT2D eigenvalue weighted by Crippen LogP contribution is 2.30. The van der Waals surface area contributed by atoms with E-state index in [0.29, 0.717) is 30.6 Å². The summed E-state index contributed by atoms with van der Waals surface area (Å²) in [6.07, 6.45) is 3.68. The van der Waals surface area contributed by atoms with Gasteiger partial charge in [0, 0.05) is 49.2 Å². The summed E-state index contributed by atoms with van der Waals surface area (Å²) < 4.78 is 27.7. The zero-order valence-electron chi connectivity index (χ0n) is 19.0. The average molecular weight is 522 g/mol. The molecule has 0 atom stereocenters. The molecule has 2 heterocycles. The molecule has 1 N–H and O–H groups in total. The summed E-state index contributed by atoms with van der Waals surface area (Å²) in [5.74, 6) is 0.00267. The molecular formula is C24H28ClN3O4S2. The molecule has 7 nitrogen and oxygen atoms in total. The lowest BCUT2D eigenvalue weighted by Gasteiger charge is -2.31. The number of hydrogen-bond donors (Lipinski definition) is 1. The van der Waals surface area contributed by atoms with Crippen molar-refractivity contribution in [2.45, 2.75) is 36.6 Å². The minimum Gasteiger partial charge on any atom is -0.395 e. The number of aromatic nitrogens is 1. The molecule has 2 aromatic carbocycles. The molecule has 4 rings (SSSR count). The van der Waals surface area contributed by atoms with Gasteiger partial charge < -0.3 is 14.6 Å². The van der Waals surface area contributed by atoms with Gasteiger partial charge in [-0.2, -0.15) is 0 Å². The summed E-state index contributed by atoms with van der Waals surface area (Å²) in [5, 5.41) is 11.5. The first-order chi connectivity index (χ1) is 16.3. The van der Waals surface area contributed by atoms with Crippen molar-refractivity contribution in [1.82, 2.24) is 9.47 Å². The third kappa shape index (κ3) is 5.54. The Balaban J connectivity index is 1.35. The van der Waals surface area contributed by atoms with Crippen LogP contribution in [0.15, 0.2) is 52.5 Å². The van der Waals surface area contributed by atoms with Crippen LogP contribution < -0.4 is 4.80 Å². The Morgan fingerprint density at radius 2 is 1.88 bits per heavy atom. The lowest BCUT2D eigenvalue weighted by atomic mass is 9.95. The van der Waals surface area contributed by atoms with Gasteiger partial charge in [0.25, 0.3) is 0 Å². The highest BCUT2D eigenvalue weighted by atomic mass is 35.5. The summed E-state index contributed by atoms with van der Waals surface area (Å²) in [4.78, 5) is 21.1. The van der Waals surface area contributed by atoms with Crippen LogP contribution in [0.1, 0.15) is 30.1 Å². The predicted octanol–water partition coefficient (Wildman–Crippen LogP) is 3.45. The molecule has 1 saturated heterocycles. The number of sulfone groups is 1. The number of aliphatic hydroxyl groups excluding tert-OH is 1. The molecule has 10 heteroatoms. The molecule has 1 fully saturated rings. The number of carbonyl (C=O) groups excluding carboxylic acids is 1. The number of carbonyl (C=O) groups is 1. The van der Waals surface area contributed by atoms with Crippen LogP contribution in [0.2, 0.25) is 5.02 Å². The lowest BCUT2D eigenvalue weighted by molar-refractivity contribution is -0.131. The summed E-state index contributed by atoms with van der Waals surface area (Å²) in [5.41, 5.74) is 0. The zero-order valence-corrected chi connectivity index (χ0v) is 21.4. The Morgan fingerprint density at radius 1 is 1.18 bits per heavy atom. The molecule has 0 saturated carbocycles. The van der Waals surface area contributed by atoms with E-state index in [1.807, 2.05) is 4.57 Å². The average Bonchev–Trinajstić information content (AvgIpc) is 3.25. The zero-order chi connectivity index (χ0) is 24.3. The monoisotopic (exact) mass is 521 g/mol. The molecule has 0 spiro atoms. The number of rotatable bonds is 7. The molecule has 0 radical (unpaired) electrons. The lowest BCUT2D eigenvalue weighted by Crippen LogP contribution is -2.38. The largest absolute Gasteiger partial charge is 0.395 e. The fraction of sp³-hybridized carbons (Fsp3) is 0.417. The van der Waals surface area contributed by atoms with Crippen molar-refractivity contribution in [2.75, 3.05) is 32.5 Å². The van der Waals surface area contributed by atoms with Gasteiger partial charge in [-0.3, -0.25) is 9.79 Å². The molecule has 34 heavy (non-hydrogen) atoms. The number of fused-ring (bicyclic) bond motifs is 1. The van der Waals surface area contributed by atoms with Crippen LogP contribution in [0.4, 0.5) is 0 Å². The number of thiazole rings is 1. The first kappa shape index (κ1) is 24.9.